The van der Waals surface area contributed by atoms with E-state index in [2.05, 4.69) is 5.32 Å². The molecule has 0 aliphatic heterocycles. The van der Waals surface area contributed by atoms with Crippen LogP contribution in [0.5, 0.6) is 0 Å². The summed E-state index contributed by atoms with van der Waals surface area (Å²) in [6.07, 6.45) is 0. The average Bonchev–Trinajstić information content (AvgIpc) is 2.32. The van der Waals surface area contributed by atoms with Crippen LogP contribution < -0.4 is 11.1 Å². The number of nitrogens with two attached hydrogens (primary N) is 1. The first-order chi connectivity index (χ1) is 8.93. The highest BCUT2D eigenvalue weighted by Gasteiger charge is 2.14. The number of aryl methyl sites for hydroxylation is 1. The van der Waals surface area contributed by atoms with Crippen molar-refractivity contribution in [2.75, 3.05) is 25.2 Å². The number of methoxy groups -OCH3 is 1. The maximum absolute atomic E-state index is 12.1. The Morgan fingerprint density at radius 3 is 2.84 bits per heavy atom. The van der Waals surface area contributed by atoms with Gasteiger partial charge >= 0.3 is 0 Å². The van der Waals surface area contributed by atoms with Crippen LogP contribution in [0.2, 0.25) is 0 Å². The molecule has 106 valence electrons. The van der Waals surface area contributed by atoms with Crippen molar-refractivity contribution in [3.05, 3.63) is 23.8 Å². The van der Waals surface area contributed by atoms with Crippen molar-refractivity contribution < 1.29 is 13.7 Å². The molecule has 0 aromatic heterocycles. The molecule has 0 saturated heterocycles. The second kappa shape index (κ2) is 7.25. The summed E-state index contributed by atoms with van der Waals surface area (Å²) < 4.78 is 17.1. The first-order valence-corrected chi connectivity index (χ1v) is 7.28. The summed E-state index contributed by atoms with van der Waals surface area (Å²) in [5, 5.41) is 2.73. The maximum atomic E-state index is 12.1. The van der Waals surface area contributed by atoms with Crippen LogP contribution in [-0.4, -0.2) is 35.6 Å². The molecule has 0 radical (unpaired) electrons. The third kappa shape index (κ3) is 5.00. The lowest BCUT2D eigenvalue weighted by atomic mass is 10.2. The zero-order valence-corrected chi connectivity index (χ0v) is 12.3. The minimum Gasteiger partial charge on any atom is -0.399 e. The lowest BCUT2D eigenvalue weighted by Gasteiger charge is -2.13. The molecule has 1 aromatic carbocycles. The van der Waals surface area contributed by atoms with E-state index in [1.165, 1.54) is 0 Å². The van der Waals surface area contributed by atoms with Gasteiger partial charge in [-0.25, -0.2) is 0 Å². The summed E-state index contributed by atoms with van der Waals surface area (Å²) in [5.74, 6) is -0.331. The summed E-state index contributed by atoms with van der Waals surface area (Å²) in [6.45, 7) is 4.10. The smallest absolute Gasteiger partial charge is 0.233 e. The van der Waals surface area contributed by atoms with E-state index in [4.69, 9.17) is 10.5 Å². The summed E-state index contributed by atoms with van der Waals surface area (Å²) in [5.41, 5.74) is 7.07. The van der Waals surface area contributed by atoms with E-state index < -0.39 is 10.8 Å². The van der Waals surface area contributed by atoms with Gasteiger partial charge in [0.25, 0.3) is 0 Å². The van der Waals surface area contributed by atoms with Gasteiger partial charge < -0.3 is 15.8 Å². The van der Waals surface area contributed by atoms with Gasteiger partial charge in [-0.05, 0) is 31.5 Å². The van der Waals surface area contributed by atoms with E-state index in [1.54, 1.807) is 25.3 Å². The van der Waals surface area contributed by atoms with E-state index in [1.807, 2.05) is 13.8 Å². The highest BCUT2D eigenvalue weighted by atomic mass is 32.2. The van der Waals surface area contributed by atoms with Gasteiger partial charge in [-0.15, -0.1) is 0 Å². The van der Waals surface area contributed by atoms with Crippen molar-refractivity contribution in [1.82, 2.24) is 5.32 Å². The second-order valence-corrected chi connectivity index (χ2v) is 5.86. The molecule has 0 aliphatic rings. The Morgan fingerprint density at radius 2 is 2.21 bits per heavy atom. The molecule has 19 heavy (non-hydrogen) atoms. The number of carbonyl (C=O) groups is 1. The van der Waals surface area contributed by atoms with Gasteiger partial charge in [0.1, 0.15) is 5.75 Å². The Balaban J connectivity index is 2.64. The summed E-state index contributed by atoms with van der Waals surface area (Å²) >= 11 is 0. The second-order valence-electron chi connectivity index (χ2n) is 4.44. The van der Waals surface area contributed by atoms with Crippen molar-refractivity contribution >= 4 is 22.4 Å². The Labute approximate surface area is 116 Å². The summed E-state index contributed by atoms with van der Waals surface area (Å²) in [6, 6.07) is 5.10. The Kier molecular flexibility index (Phi) is 5.98. The predicted molar refractivity (Wildman–Crippen MR) is 76.3 cm³/mol. The molecule has 0 spiro atoms. The molecule has 2 atom stereocenters. The molecule has 1 rings (SSSR count). The normalized spacial score (nSPS) is 13.8. The number of nitrogen functional groups attached to an aromatic ring is 1. The molecule has 0 heterocycles. The van der Waals surface area contributed by atoms with E-state index in [9.17, 15) is 9.00 Å². The number of carbonyl (C=O) groups excluding carboxylic acids is 1. The Bertz CT molecular complexity index is 477. The fraction of sp³-hybridized carbons (Fsp3) is 0.462. The van der Waals surface area contributed by atoms with Gasteiger partial charge in [-0.1, -0.05) is 6.07 Å². The first-order valence-electron chi connectivity index (χ1n) is 5.97. The number of hydrogen-bond acceptors (Lipinski definition) is 4. The number of anilines is 1. The third-order valence-corrected chi connectivity index (χ3v) is 4.00. The fourth-order valence-corrected chi connectivity index (χ4v) is 2.84. The van der Waals surface area contributed by atoms with Gasteiger partial charge in [-0.3, -0.25) is 9.00 Å². The SMILES string of the molecule is COCC(C)NC(=O)CS(=O)c1cc(N)ccc1C. The largest absolute Gasteiger partial charge is 0.399 e. The monoisotopic (exact) mass is 284 g/mol. The molecule has 6 heteroatoms. The molecule has 1 aromatic rings. The fourth-order valence-electron chi connectivity index (χ4n) is 1.67. The van der Waals surface area contributed by atoms with Gasteiger partial charge in [0.15, 0.2) is 0 Å². The number of nitrogens with one attached hydrogen (secondary N) is 1. The number of ether oxygens (including phenoxy) is 1. The molecule has 0 fully saturated rings. The molecule has 0 aliphatic carbocycles. The van der Waals surface area contributed by atoms with Crippen molar-refractivity contribution in [2.24, 2.45) is 0 Å². The Hall–Kier alpha value is -1.40. The van der Waals surface area contributed by atoms with Gasteiger partial charge in [0, 0.05) is 23.7 Å². The first kappa shape index (κ1) is 15.7. The van der Waals surface area contributed by atoms with Crippen molar-refractivity contribution in [2.45, 2.75) is 24.8 Å². The molecule has 0 saturated carbocycles. The van der Waals surface area contributed by atoms with E-state index >= 15 is 0 Å². The quantitative estimate of drug-likeness (QED) is 0.758. The molecular weight excluding hydrogens is 264 g/mol. The zero-order chi connectivity index (χ0) is 14.4. The van der Waals surface area contributed by atoms with Gasteiger partial charge in [0.2, 0.25) is 5.91 Å². The minimum absolute atomic E-state index is 0.0711. The molecule has 2 unspecified atom stereocenters. The van der Waals surface area contributed by atoms with E-state index in [-0.39, 0.29) is 17.7 Å². The van der Waals surface area contributed by atoms with Crippen LogP contribution in [0.25, 0.3) is 0 Å². The van der Waals surface area contributed by atoms with Crippen molar-refractivity contribution in [3.8, 4) is 0 Å². The standard InChI is InChI=1S/C13H20N2O3S/c1-9-4-5-11(14)6-12(9)19(17)8-13(16)15-10(2)7-18-3/h4-6,10H,7-8,14H2,1-3H3,(H,15,16). The van der Waals surface area contributed by atoms with Crippen LogP contribution in [-0.2, 0) is 20.3 Å². The summed E-state index contributed by atoms with van der Waals surface area (Å²) in [7, 11) is 0.178. The van der Waals surface area contributed by atoms with Crippen LogP contribution >= 0.6 is 0 Å². The minimum atomic E-state index is -1.39. The van der Waals surface area contributed by atoms with Crippen LogP contribution in [0.15, 0.2) is 23.1 Å². The number of rotatable bonds is 6. The number of hydrogen-bond donors (Lipinski definition) is 2. The number of benzene rings is 1. The highest BCUT2D eigenvalue weighted by molar-refractivity contribution is 7.85. The van der Waals surface area contributed by atoms with Crippen molar-refractivity contribution in [3.63, 3.8) is 0 Å². The van der Waals surface area contributed by atoms with E-state index in [0.717, 1.165) is 5.56 Å². The number of amides is 1. The predicted octanol–water partition coefficient (Wildman–Crippen LogP) is 0.836. The third-order valence-electron chi connectivity index (χ3n) is 2.54. The van der Waals surface area contributed by atoms with Crippen LogP contribution in [0.3, 0.4) is 0 Å². The highest BCUT2D eigenvalue weighted by Crippen LogP contribution is 2.16. The van der Waals surface area contributed by atoms with Gasteiger partial charge in [-0.2, -0.15) is 0 Å². The lowest BCUT2D eigenvalue weighted by molar-refractivity contribution is -0.119. The Morgan fingerprint density at radius 1 is 1.53 bits per heavy atom. The summed E-state index contributed by atoms with van der Waals surface area (Å²) in [4.78, 5) is 12.3. The van der Waals surface area contributed by atoms with Crippen LogP contribution in [0.4, 0.5) is 5.69 Å². The molecule has 1 amide bonds. The van der Waals surface area contributed by atoms with Crippen LogP contribution in [0.1, 0.15) is 12.5 Å². The van der Waals surface area contributed by atoms with E-state index in [0.29, 0.717) is 17.2 Å². The molecule has 3 N–H and O–H groups in total. The molecular formula is C13H20N2O3S. The molecule has 5 nitrogen and oxygen atoms in total. The van der Waals surface area contributed by atoms with Gasteiger partial charge in [0.05, 0.1) is 17.4 Å². The van der Waals surface area contributed by atoms with Crippen LogP contribution in [0, 0.1) is 6.92 Å². The topological polar surface area (TPSA) is 81.4 Å². The molecule has 0 bridgehead atoms. The lowest BCUT2D eigenvalue weighted by Crippen LogP contribution is -2.38. The average molecular weight is 284 g/mol. The van der Waals surface area contributed by atoms with Crippen molar-refractivity contribution in [1.29, 1.82) is 0 Å². The zero-order valence-electron chi connectivity index (χ0n) is 11.4. The maximum Gasteiger partial charge on any atom is 0.233 e.